The molecule has 4 heteroatoms. The standard InChI is InChI=1S/C6H10NO3/c1-4(2)5(6(9)10)7-3-8/h4-5H,1-2H3,(H,7,8)(H,9,10)/t5-/m0/s1. The smallest absolute Gasteiger partial charge is 0.326 e. The quantitative estimate of drug-likeness (QED) is 0.535. The molecule has 4 nitrogen and oxygen atoms in total. The highest BCUT2D eigenvalue weighted by molar-refractivity contribution is 5.76. The minimum Gasteiger partial charge on any atom is -0.480 e. The van der Waals surface area contributed by atoms with Gasteiger partial charge in [0, 0.05) is 0 Å². The van der Waals surface area contributed by atoms with Crippen molar-refractivity contribution in [3.05, 3.63) is 0 Å². The lowest BCUT2D eigenvalue weighted by molar-refractivity contribution is -0.140. The second kappa shape index (κ2) is 3.87. The van der Waals surface area contributed by atoms with Gasteiger partial charge in [-0.25, -0.2) is 4.79 Å². The van der Waals surface area contributed by atoms with Crippen LogP contribution in [0.25, 0.3) is 0 Å². The van der Waals surface area contributed by atoms with E-state index in [2.05, 4.69) is 5.32 Å². The Labute approximate surface area is 59.2 Å². The zero-order valence-electron chi connectivity index (χ0n) is 5.92. The van der Waals surface area contributed by atoms with Crippen LogP contribution >= 0.6 is 0 Å². The van der Waals surface area contributed by atoms with Crippen LogP contribution in [-0.4, -0.2) is 23.5 Å². The van der Waals surface area contributed by atoms with Crippen molar-refractivity contribution in [1.82, 2.24) is 5.32 Å². The second-order valence-corrected chi connectivity index (χ2v) is 2.31. The van der Waals surface area contributed by atoms with E-state index in [0.29, 0.717) is 0 Å². The van der Waals surface area contributed by atoms with Crippen molar-refractivity contribution in [2.45, 2.75) is 19.9 Å². The maximum Gasteiger partial charge on any atom is 0.326 e. The summed E-state index contributed by atoms with van der Waals surface area (Å²) in [6.07, 6.45) is 1.35. The average Bonchev–Trinajstić information content (AvgIpc) is 1.81. The summed E-state index contributed by atoms with van der Waals surface area (Å²) < 4.78 is 0. The van der Waals surface area contributed by atoms with Crippen LogP contribution in [0.15, 0.2) is 0 Å². The van der Waals surface area contributed by atoms with E-state index in [0.717, 1.165) is 0 Å². The number of carbonyl (C=O) groups is 1. The highest BCUT2D eigenvalue weighted by atomic mass is 16.4. The number of carboxylic acid groups (broad SMARTS) is 1. The maximum atomic E-state index is 10.3. The molecule has 0 saturated carbocycles. The van der Waals surface area contributed by atoms with Crippen LogP contribution in [0.4, 0.5) is 0 Å². The predicted molar refractivity (Wildman–Crippen MR) is 35.1 cm³/mol. The van der Waals surface area contributed by atoms with Crippen LogP contribution < -0.4 is 5.32 Å². The van der Waals surface area contributed by atoms with Crippen LogP contribution in [0.3, 0.4) is 0 Å². The third kappa shape index (κ3) is 2.48. The topological polar surface area (TPSA) is 66.4 Å². The first-order valence-corrected chi connectivity index (χ1v) is 2.95. The van der Waals surface area contributed by atoms with E-state index in [1.54, 1.807) is 13.8 Å². The van der Waals surface area contributed by atoms with E-state index in [9.17, 15) is 9.59 Å². The van der Waals surface area contributed by atoms with Crippen LogP contribution in [0, 0.1) is 5.92 Å². The summed E-state index contributed by atoms with van der Waals surface area (Å²) in [7, 11) is 0. The normalized spacial score (nSPS) is 12.7. The number of hydrogen-bond acceptors (Lipinski definition) is 2. The van der Waals surface area contributed by atoms with Gasteiger partial charge in [-0.15, -0.1) is 0 Å². The molecule has 0 fully saturated rings. The molecular formula is C6H10NO3. The van der Waals surface area contributed by atoms with E-state index in [4.69, 9.17) is 5.11 Å². The fourth-order valence-electron chi connectivity index (χ4n) is 0.577. The Bertz CT molecular complexity index is 133. The molecule has 0 aliphatic carbocycles. The number of carbonyl (C=O) groups excluding carboxylic acids is 1. The van der Waals surface area contributed by atoms with Crippen molar-refractivity contribution in [3.8, 4) is 0 Å². The summed E-state index contributed by atoms with van der Waals surface area (Å²) in [5, 5.41) is 10.5. The first-order chi connectivity index (χ1) is 4.59. The molecule has 1 amide bonds. The lowest BCUT2D eigenvalue weighted by Crippen LogP contribution is -2.39. The largest absolute Gasteiger partial charge is 0.480 e. The van der Waals surface area contributed by atoms with Crippen LogP contribution in [-0.2, 0) is 9.59 Å². The molecule has 0 aliphatic rings. The van der Waals surface area contributed by atoms with Gasteiger partial charge in [-0.05, 0) is 5.92 Å². The predicted octanol–water partition coefficient (Wildman–Crippen LogP) is -0.248. The highest BCUT2D eigenvalue weighted by Gasteiger charge is 2.19. The molecule has 10 heavy (non-hydrogen) atoms. The van der Waals surface area contributed by atoms with Gasteiger partial charge >= 0.3 is 12.4 Å². The van der Waals surface area contributed by atoms with Crippen LogP contribution in [0.2, 0.25) is 0 Å². The molecule has 0 aromatic heterocycles. The number of rotatable bonds is 4. The lowest BCUT2D eigenvalue weighted by atomic mass is 10.1. The van der Waals surface area contributed by atoms with Crippen molar-refractivity contribution in [1.29, 1.82) is 0 Å². The number of aliphatic carboxylic acids is 1. The average molecular weight is 144 g/mol. The molecule has 0 bridgehead atoms. The van der Waals surface area contributed by atoms with E-state index in [-0.39, 0.29) is 5.92 Å². The molecule has 0 rings (SSSR count). The first kappa shape index (κ1) is 8.94. The van der Waals surface area contributed by atoms with Crippen molar-refractivity contribution >= 4 is 12.4 Å². The minimum absolute atomic E-state index is 0.112. The summed E-state index contributed by atoms with van der Waals surface area (Å²) in [6.45, 7) is 3.42. The van der Waals surface area contributed by atoms with Gasteiger partial charge in [0.1, 0.15) is 6.04 Å². The first-order valence-electron chi connectivity index (χ1n) is 2.95. The summed E-state index contributed by atoms with van der Waals surface area (Å²) in [4.78, 5) is 20.0. The molecule has 2 N–H and O–H groups in total. The lowest BCUT2D eigenvalue weighted by Gasteiger charge is -2.13. The maximum absolute atomic E-state index is 10.3. The third-order valence-corrected chi connectivity index (χ3v) is 1.15. The Balaban J connectivity index is 3.97. The zero-order chi connectivity index (χ0) is 8.15. The number of amides is 1. The summed E-state index contributed by atoms with van der Waals surface area (Å²) >= 11 is 0. The van der Waals surface area contributed by atoms with E-state index < -0.39 is 12.0 Å². The van der Waals surface area contributed by atoms with E-state index >= 15 is 0 Å². The third-order valence-electron chi connectivity index (χ3n) is 1.15. The minimum atomic E-state index is -1.03. The van der Waals surface area contributed by atoms with Gasteiger partial charge in [0.25, 0.3) is 0 Å². The SMILES string of the molecule is CC(C)[C@H](N[C]=O)C(=O)O. The Morgan fingerprint density at radius 1 is 1.60 bits per heavy atom. The molecule has 57 valence electrons. The molecule has 0 aromatic rings. The van der Waals surface area contributed by atoms with Gasteiger partial charge in [-0.3, -0.25) is 4.79 Å². The fraction of sp³-hybridized carbons (Fsp3) is 0.667. The number of hydrogen-bond donors (Lipinski definition) is 2. The Hall–Kier alpha value is -1.06. The Morgan fingerprint density at radius 2 is 2.10 bits per heavy atom. The van der Waals surface area contributed by atoms with Crippen molar-refractivity contribution in [2.75, 3.05) is 0 Å². The molecule has 0 aliphatic heterocycles. The van der Waals surface area contributed by atoms with E-state index in [1.165, 1.54) is 6.41 Å². The second-order valence-electron chi connectivity index (χ2n) is 2.31. The summed E-state index contributed by atoms with van der Waals surface area (Å²) in [5.41, 5.74) is 0. The Kier molecular flexibility index (Phi) is 3.46. The van der Waals surface area contributed by atoms with Gasteiger partial charge in [0.05, 0.1) is 0 Å². The highest BCUT2D eigenvalue weighted by Crippen LogP contribution is 1.99. The Morgan fingerprint density at radius 3 is 2.20 bits per heavy atom. The number of carboxylic acids is 1. The summed E-state index contributed by atoms with van der Waals surface area (Å²) in [6, 6.07) is -0.822. The monoisotopic (exact) mass is 144 g/mol. The van der Waals surface area contributed by atoms with Gasteiger partial charge in [0.2, 0.25) is 0 Å². The molecule has 1 atom stereocenters. The van der Waals surface area contributed by atoms with Gasteiger partial charge in [-0.1, -0.05) is 13.8 Å². The van der Waals surface area contributed by atoms with Gasteiger partial charge < -0.3 is 10.4 Å². The van der Waals surface area contributed by atoms with E-state index in [1.807, 2.05) is 0 Å². The zero-order valence-corrected chi connectivity index (χ0v) is 5.92. The molecule has 0 unspecified atom stereocenters. The fourth-order valence-corrected chi connectivity index (χ4v) is 0.577. The van der Waals surface area contributed by atoms with Gasteiger partial charge in [0.15, 0.2) is 0 Å². The summed E-state index contributed by atoms with van der Waals surface area (Å²) in [5.74, 6) is -1.14. The number of nitrogens with one attached hydrogen (secondary N) is 1. The van der Waals surface area contributed by atoms with Crippen molar-refractivity contribution in [3.63, 3.8) is 0 Å². The molecule has 0 spiro atoms. The molecular weight excluding hydrogens is 134 g/mol. The molecule has 0 heterocycles. The van der Waals surface area contributed by atoms with Gasteiger partial charge in [-0.2, -0.15) is 0 Å². The van der Waals surface area contributed by atoms with Crippen molar-refractivity contribution in [2.24, 2.45) is 5.92 Å². The molecule has 1 radical (unpaired) electrons. The van der Waals surface area contributed by atoms with Crippen LogP contribution in [0.5, 0.6) is 0 Å². The molecule has 0 saturated heterocycles. The van der Waals surface area contributed by atoms with Crippen molar-refractivity contribution < 1.29 is 14.7 Å². The molecule has 0 aromatic carbocycles. The van der Waals surface area contributed by atoms with Crippen LogP contribution in [0.1, 0.15) is 13.8 Å².